The molecule has 1 amide bonds. The van der Waals surface area contributed by atoms with Crippen molar-refractivity contribution in [3.05, 3.63) is 60.3 Å². The number of aliphatic hydroxyl groups is 1. The number of anilines is 3. The topological polar surface area (TPSA) is 134 Å². The molecule has 1 aromatic heterocycles. The number of aliphatic hydroxyl groups excluding tert-OH is 1. The molecule has 7 rings (SSSR count). The number of hydrogen-bond acceptors (Lipinski definition) is 9. The van der Waals surface area contributed by atoms with Gasteiger partial charge in [0.15, 0.2) is 0 Å². The summed E-state index contributed by atoms with van der Waals surface area (Å²) in [6, 6.07) is 12.9. The average molecular weight is 562 g/mol. The summed E-state index contributed by atoms with van der Waals surface area (Å²) < 4.78 is 32.4. The highest BCUT2D eigenvalue weighted by atomic mass is 32.2. The third kappa shape index (κ3) is 4.32. The number of nitrogens with one attached hydrogen (secondary N) is 2. The van der Waals surface area contributed by atoms with E-state index in [0.29, 0.717) is 29.6 Å². The Morgan fingerprint density at radius 1 is 1.07 bits per heavy atom. The van der Waals surface area contributed by atoms with Crippen molar-refractivity contribution >= 4 is 33.2 Å². The summed E-state index contributed by atoms with van der Waals surface area (Å²) in [6.07, 6.45) is 6.00. The van der Waals surface area contributed by atoms with E-state index in [1.165, 1.54) is 0 Å². The van der Waals surface area contributed by atoms with Crippen molar-refractivity contribution in [1.82, 2.24) is 15.3 Å². The molecule has 4 aliphatic rings. The summed E-state index contributed by atoms with van der Waals surface area (Å²) >= 11 is 0. The van der Waals surface area contributed by atoms with E-state index in [1.807, 2.05) is 0 Å². The second-order valence-electron chi connectivity index (χ2n) is 11.2. The summed E-state index contributed by atoms with van der Waals surface area (Å²) in [5.74, 6) is 1.55. The first-order valence-electron chi connectivity index (χ1n) is 13.8. The molecule has 40 heavy (non-hydrogen) atoms. The van der Waals surface area contributed by atoms with Crippen LogP contribution in [0.25, 0.3) is 0 Å². The normalized spacial score (nSPS) is 23.5. The van der Waals surface area contributed by atoms with E-state index < -0.39 is 21.4 Å². The molecular formula is C29H31N5O5S. The molecular weight excluding hydrogens is 530 g/mol. The lowest BCUT2D eigenvalue weighted by Gasteiger charge is -2.33. The Labute approximate surface area is 232 Å². The second kappa shape index (κ2) is 9.53. The molecule has 3 heterocycles. The van der Waals surface area contributed by atoms with Gasteiger partial charge in [-0.25, -0.2) is 13.4 Å². The maximum Gasteiger partial charge on any atom is 0.239 e. The summed E-state index contributed by atoms with van der Waals surface area (Å²) in [4.78, 5) is 24.8. The lowest BCUT2D eigenvalue weighted by molar-refractivity contribution is -0.121. The number of fused-ring (bicyclic) bond motifs is 2. The van der Waals surface area contributed by atoms with Gasteiger partial charge in [0.25, 0.3) is 0 Å². The molecule has 2 saturated carbocycles. The molecule has 3 fully saturated rings. The number of rotatable bonds is 7. The van der Waals surface area contributed by atoms with Crippen LogP contribution in [-0.4, -0.2) is 60.7 Å². The smallest absolute Gasteiger partial charge is 0.239 e. The molecule has 2 aromatic carbocycles. The van der Waals surface area contributed by atoms with E-state index in [-0.39, 0.29) is 27.8 Å². The Balaban J connectivity index is 1.11. The van der Waals surface area contributed by atoms with Crippen LogP contribution in [0.1, 0.15) is 44.1 Å². The van der Waals surface area contributed by atoms with Crippen LogP contribution in [0.3, 0.4) is 0 Å². The molecule has 10 nitrogen and oxygen atoms in total. The molecule has 2 aliphatic heterocycles. The molecule has 3 aromatic rings. The van der Waals surface area contributed by atoms with Gasteiger partial charge >= 0.3 is 0 Å². The molecule has 1 saturated heterocycles. The van der Waals surface area contributed by atoms with E-state index in [2.05, 4.69) is 15.6 Å². The van der Waals surface area contributed by atoms with E-state index in [1.54, 1.807) is 59.6 Å². The Kier molecular flexibility index (Phi) is 6.06. The predicted molar refractivity (Wildman–Crippen MR) is 148 cm³/mol. The number of amides is 1. The highest BCUT2D eigenvalue weighted by Crippen LogP contribution is 2.57. The van der Waals surface area contributed by atoms with Crippen molar-refractivity contribution in [1.29, 1.82) is 0 Å². The second-order valence-corrected chi connectivity index (χ2v) is 13.1. The molecule has 0 bridgehead atoms. The van der Waals surface area contributed by atoms with Crippen LogP contribution in [0.2, 0.25) is 0 Å². The molecule has 0 unspecified atom stereocenters. The van der Waals surface area contributed by atoms with Gasteiger partial charge in [0, 0.05) is 36.6 Å². The largest absolute Gasteiger partial charge is 0.488 e. The standard InChI is InChI=1S/C29H31N5O5S/c35-20-4-1-3-19(13-20)34-26-25(29(11-12-29)27(34)36)17-31-28(33-26)32-18-7-9-23(10-8-18)40(37,38)24-6-2-5-21(14-24)39-22-15-30-16-22/h2,5-10,14,17,19-20,22,30,35H,1,3-4,11-13,15-16H2,(H,31,32,33)/t19-,20-/m1/s1. The zero-order valence-corrected chi connectivity index (χ0v) is 22.7. The minimum atomic E-state index is -3.74. The fourth-order valence-electron chi connectivity index (χ4n) is 5.95. The van der Waals surface area contributed by atoms with Gasteiger partial charge in [-0.05, 0) is 81.0 Å². The van der Waals surface area contributed by atoms with Crippen molar-refractivity contribution in [2.75, 3.05) is 23.3 Å². The average Bonchev–Trinajstić information content (AvgIpc) is 3.69. The van der Waals surface area contributed by atoms with Crippen LogP contribution >= 0.6 is 0 Å². The molecule has 11 heteroatoms. The van der Waals surface area contributed by atoms with E-state index >= 15 is 0 Å². The van der Waals surface area contributed by atoms with Crippen molar-refractivity contribution in [2.45, 2.75) is 72.0 Å². The van der Waals surface area contributed by atoms with Crippen LogP contribution in [0.4, 0.5) is 17.5 Å². The summed E-state index contributed by atoms with van der Waals surface area (Å²) in [7, 11) is -3.74. The number of carbonyl (C=O) groups is 1. The lowest BCUT2D eigenvalue weighted by Crippen LogP contribution is -2.50. The van der Waals surface area contributed by atoms with Crippen LogP contribution in [0.15, 0.2) is 64.5 Å². The molecule has 2 aliphatic carbocycles. The minimum Gasteiger partial charge on any atom is -0.488 e. The summed E-state index contributed by atoms with van der Waals surface area (Å²) in [5.41, 5.74) is 0.978. The van der Waals surface area contributed by atoms with Gasteiger partial charge in [-0.15, -0.1) is 0 Å². The SMILES string of the molecule is O=C1N([C@@H]2CCC[C@@H](O)C2)c2nc(Nc3ccc(S(=O)(=O)c4cccc(OC5CNC5)c4)cc3)ncc2C12CC2. The van der Waals surface area contributed by atoms with Crippen molar-refractivity contribution in [3.8, 4) is 5.75 Å². The number of benzene rings is 2. The van der Waals surface area contributed by atoms with Crippen LogP contribution < -0.4 is 20.3 Å². The molecule has 2 atom stereocenters. The fraction of sp³-hybridized carbons (Fsp3) is 0.414. The third-order valence-corrected chi connectivity index (χ3v) is 10.2. The van der Waals surface area contributed by atoms with Gasteiger partial charge in [0.2, 0.25) is 21.7 Å². The first-order chi connectivity index (χ1) is 19.3. The van der Waals surface area contributed by atoms with Gasteiger partial charge in [-0.2, -0.15) is 4.98 Å². The maximum atomic E-state index is 13.5. The van der Waals surface area contributed by atoms with E-state index in [4.69, 9.17) is 9.72 Å². The number of ether oxygens (including phenoxy) is 1. The Morgan fingerprint density at radius 2 is 1.88 bits per heavy atom. The highest BCUT2D eigenvalue weighted by Gasteiger charge is 2.61. The Bertz CT molecular complexity index is 1570. The number of carbonyl (C=O) groups excluding carboxylic acids is 1. The minimum absolute atomic E-state index is 0.0546. The summed E-state index contributed by atoms with van der Waals surface area (Å²) in [6.45, 7) is 1.50. The molecule has 1 spiro atoms. The zero-order chi connectivity index (χ0) is 27.5. The van der Waals surface area contributed by atoms with Gasteiger partial charge in [0.05, 0.1) is 21.3 Å². The Hall–Kier alpha value is -3.54. The summed E-state index contributed by atoms with van der Waals surface area (Å²) in [5, 5.41) is 16.5. The highest BCUT2D eigenvalue weighted by molar-refractivity contribution is 7.91. The number of nitrogens with zero attached hydrogens (tertiary/aromatic N) is 3. The van der Waals surface area contributed by atoms with Crippen molar-refractivity contribution in [2.24, 2.45) is 0 Å². The molecule has 208 valence electrons. The molecule has 3 N–H and O–H groups in total. The Morgan fingerprint density at radius 3 is 2.58 bits per heavy atom. The predicted octanol–water partition coefficient (Wildman–Crippen LogP) is 3.09. The number of aromatic nitrogens is 2. The quantitative estimate of drug-likeness (QED) is 0.398. The lowest BCUT2D eigenvalue weighted by atomic mass is 9.92. The zero-order valence-electron chi connectivity index (χ0n) is 21.9. The molecule has 0 radical (unpaired) electrons. The van der Waals surface area contributed by atoms with Crippen LogP contribution in [-0.2, 0) is 20.0 Å². The fourth-order valence-corrected chi connectivity index (χ4v) is 7.25. The van der Waals surface area contributed by atoms with Crippen LogP contribution in [0, 0.1) is 0 Å². The monoisotopic (exact) mass is 561 g/mol. The van der Waals surface area contributed by atoms with Gasteiger partial charge in [0.1, 0.15) is 17.7 Å². The van der Waals surface area contributed by atoms with Gasteiger partial charge in [-0.1, -0.05) is 6.07 Å². The first kappa shape index (κ1) is 25.4. The number of hydrogen-bond donors (Lipinski definition) is 3. The van der Waals surface area contributed by atoms with E-state index in [9.17, 15) is 18.3 Å². The van der Waals surface area contributed by atoms with E-state index in [0.717, 1.165) is 50.8 Å². The van der Waals surface area contributed by atoms with Crippen molar-refractivity contribution < 1.29 is 23.1 Å². The van der Waals surface area contributed by atoms with Crippen molar-refractivity contribution in [3.63, 3.8) is 0 Å². The van der Waals surface area contributed by atoms with Crippen LogP contribution in [0.5, 0.6) is 5.75 Å². The number of sulfone groups is 1. The third-order valence-electron chi connectivity index (χ3n) is 8.46. The van der Waals surface area contributed by atoms with Gasteiger partial charge < -0.3 is 20.5 Å². The maximum absolute atomic E-state index is 13.5. The first-order valence-corrected chi connectivity index (χ1v) is 15.3. The van der Waals surface area contributed by atoms with Gasteiger partial charge in [-0.3, -0.25) is 9.69 Å².